The molecule has 8 heteroatoms. The Morgan fingerprint density at radius 2 is 1.53 bits per heavy atom. The van der Waals surface area contributed by atoms with Crippen molar-refractivity contribution in [1.29, 1.82) is 0 Å². The van der Waals surface area contributed by atoms with Crippen molar-refractivity contribution in [2.45, 2.75) is 6.92 Å². The zero-order valence-electron chi connectivity index (χ0n) is 19.6. The van der Waals surface area contributed by atoms with Crippen LogP contribution in [0.2, 0.25) is 0 Å². The molecule has 0 bridgehead atoms. The Labute approximate surface area is 226 Å². The topological polar surface area (TPSA) is 82.0 Å². The maximum Gasteiger partial charge on any atom is 1.00 e. The van der Waals surface area contributed by atoms with Crippen molar-refractivity contribution < 1.29 is 44.3 Å². The SMILES string of the molecule is CC(=O)O.CN(C)c1ccc(-c2ccc(/C=C3/SC(=Nc4cc[c-]cc4)NC3=O)cc2)cc1.[Na+]. The van der Waals surface area contributed by atoms with Crippen LogP contribution in [0.5, 0.6) is 0 Å². The number of carbonyl (C=O) groups is 2. The fourth-order valence-electron chi connectivity index (χ4n) is 2.93. The minimum absolute atomic E-state index is 0. The van der Waals surface area contributed by atoms with Crippen LogP contribution in [0.3, 0.4) is 0 Å². The number of aliphatic imine (C=N–C) groups is 1. The number of thioether (sulfide) groups is 1. The molecule has 0 unspecified atom stereocenters. The number of carboxylic acids is 1. The van der Waals surface area contributed by atoms with Gasteiger partial charge < -0.3 is 15.3 Å². The van der Waals surface area contributed by atoms with Crippen LogP contribution < -0.4 is 39.8 Å². The zero-order valence-corrected chi connectivity index (χ0v) is 22.4. The first kappa shape index (κ1) is 27.4. The van der Waals surface area contributed by atoms with E-state index in [1.54, 1.807) is 12.1 Å². The molecule has 1 fully saturated rings. The van der Waals surface area contributed by atoms with Crippen molar-refractivity contribution >= 4 is 46.3 Å². The third kappa shape index (κ3) is 8.18. The Morgan fingerprint density at radius 1 is 1.00 bits per heavy atom. The van der Waals surface area contributed by atoms with Gasteiger partial charge in [-0.2, -0.15) is 18.2 Å². The van der Waals surface area contributed by atoms with E-state index in [0.717, 1.165) is 29.3 Å². The number of rotatable bonds is 4. The molecule has 0 spiro atoms. The second-order valence-electron chi connectivity index (χ2n) is 7.32. The summed E-state index contributed by atoms with van der Waals surface area (Å²) in [6, 6.07) is 26.9. The molecule has 4 rings (SSSR count). The van der Waals surface area contributed by atoms with Crippen LogP contribution in [0.4, 0.5) is 11.4 Å². The van der Waals surface area contributed by atoms with E-state index in [9.17, 15) is 4.79 Å². The van der Waals surface area contributed by atoms with E-state index in [4.69, 9.17) is 9.90 Å². The molecule has 0 aromatic heterocycles. The summed E-state index contributed by atoms with van der Waals surface area (Å²) in [5.74, 6) is -0.959. The van der Waals surface area contributed by atoms with Crippen LogP contribution in [-0.4, -0.2) is 36.2 Å². The Kier molecular flexibility index (Phi) is 10.6. The molecule has 0 radical (unpaired) electrons. The molecule has 0 saturated carbocycles. The average molecular weight is 482 g/mol. The van der Waals surface area contributed by atoms with E-state index >= 15 is 0 Å². The molecule has 1 aliphatic heterocycles. The summed E-state index contributed by atoms with van der Waals surface area (Å²) in [5, 5.41) is 10.8. The van der Waals surface area contributed by atoms with E-state index in [1.165, 1.54) is 17.4 Å². The standard InChI is InChI=1S/C24H20N3OS.C2H4O2.Na/c1-27(2)21-14-12-19(13-15-21)18-10-8-17(9-11-18)16-22-23(28)26-24(29-22)25-20-6-4-3-5-7-20;1-2(3)4;/h4-16H,1-2H3,(H,25,26,28);1H3,(H,3,4);/q-1;;+1/b22-16+;;. The number of anilines is 1. The molecule has 3 aromatic rings. The normalized spacial score (nSPS) is 14.6. The van der Waals surface area contributed by atoms with Gasteiger partial charge in [-0.15, -0.1) is 12.1 Å². The molecule has 168 valence electrons. The summed E-state index contributed by atoms with van der Waals surface area (Å²) < 4.78 is 0. The van der Waals surface area contributed by atoms with Crippen LogP contribution in [0.15, 0.2) is 82.7 Å². The molecule has 1 amide bonds. The predicted octanol–water partition coefficient (Wildman–Crippen LogP) is 2.21. The van der Waals surface area contributed by atoms with Crippen molar-refractivity contribution in [1.82, 2.24) is 5.32 Å². The number of nitrogens with zero attached hydrogens (tertiary/aromatic N) is 2. The molecule has 1 saturated heterocycles. The molecule has 1 heterocycles. The molecule has 2 N–H and O–H groups in total. The molecule has 1 aliphatic rings. The van der Waals surface area contributed by atoms with Gasteiger partial charge in [-0.3, -0.25) is 14.6 Å². The van der Waals surface area contributed by atoms with Gasteiger partial charge in [0.15, 0.2) is 5.17 Å². The molecule has 0 atom stereocenters. The van der Waals surface area contributed by atoms with Crippen molar-refractivity contribution in [3.8, 4) is 11.1 Å². The third-order valence-corrected chi connectivity index (χ3v) is 5.42. The number of carbonyl (C=O) groups excluding carboxylic acids is 1. The number of hydrogen-bond acceptors (Lipinski definition) is 5. The number of amidine groups is 1. The first-order chi connectivity index (χ1) is 15.8. The second-order valence-corrected chi connectivity index (χ2v) is 8.35. The third-order valence-electron chi connectivity index (χ3n) is 4.51. The van der Waals surface area contributed by atoms with E-state index in [-0.39, 0.29) is 35.5 Å². The summed E-state index contributed by atoms with van der Waals surface area (Å²) in [5.41, 5.74) is 5.25. The first-order valence-electron chi connectivity index (χ1n) is 10.1. The smallest absolute Gasteiger partial charge is 0.481 e. The quantitative estimate of drug-likeness (QED) is 0.339. The van der Waals surface area contributed by atoms with Gasteiger partial charge >= 0.3 is 29.6 Å². The minimum Gasteiger partial charge on any atom is -0.481 e. The number of carboxylic acid groups (broad SMARTS) is 1. The van der Waals surface area contributed by atoms with Gasteiger partial charge in [-0.05, 0) is 52.3 Å². The maximum absolute atomic E-state index is 12.3. The molecular formula is C26H24N3NaO3S. The Hall–Kier alpha value is -2.84. The van der Waals surface area contributed by atoms with Gasteiger partial charge in [0.2, 0.25) is 0 Å². The van der Waals surface area contributed by atoms with Crippen LogP contribution in [-0.2, 0) is 9.59 Å². The Morgan fingerprint density at radius 3 is 2.06 bits per heavy atom. The van der Waals surface area contributed by atoms with Crippen molar-refractivity contribution in [3.05, 3.63) is 89.3 Å². The van der Waals surface area contributed by atoms with Gasteiger partial charge in [-0.25, -0.2) is 0 Å². The van der Waals surface area contributed by atoms with Crippen LogP contribution in [0.1, 0.15) is 12.5 Å². The van der Waals surface area contributed by atoms with E-state index < -0.39 is 5.97 Å². The molecule has 6 nitrogen and oxygen atoms in total. The zero-order chi connectivity index (χ0) is 23.8. The summed E-state index contributed by atoms with van der Waals surface area (Å²) in [6.07, 6.45) is 1.89. The van der Waals surface area contributed by atoms with Crippen molar-refractivity contribution in [3.63, 3.8) is 0 Å². The summed E-state index contributed by atoms with van der Waals surface area (Å²) >= 11 is 1.35. The van der Waals surface area contributed by atoms with Gasteiger partial charge in [0, 0.05) is 26.7 Å². The summed E-state index contributed by atoms with van der Waals surface area (Å²) in [7, 11) is 4.06. The van der Waals surface area contributed by atoms with Gasteiger partial charge in [0.25, 0.3) is 11.9 Å². The molecule has 34 heavy (non-hydrogen) atoms. The molecule has 0 aliphatic carbocycles. The summed E-state index contributed by atoms with van der Waals surface area (Å²) in [4.78, 5) is 28.4. The Balaban J connectivity index is 0.000000758. The average Bonchev–Trinajstić information content (AvgIpc) is 3.13. The van der Waals surface area contributed by atoms with Crippen molar-refractivity contribution in [2.24, 2.45) is 4.99 Å². The minimum atomic E-state index is -0.833. The number of hydrogen-bond donors (Lipinski definition) is 2. The Bertz CT molecular complexity index is 1170. The molecular weight excluding hydrogens is 457 g/mol. The van der Waals surface area contributed by atoms with Crippen LogP contribution in [0, 0.1) is 6.07 Å². The van der Waals surface area contributed by atoms with Gasteiger partial charge in [0.1, 0.15) is 0 Å². The number of amides is 1. The number of nitrogens with one attached hydrogen (secondary N) is 1. The monoisotopic (exact) mass is 481 g/mol. The van der Waals surface area contributed by atoms with Crippen LogP contribution in [0.25, 0.3) is 17.2 Å². The maximum atomic E-state index is 12.3. The van der Waals surface area contributed by atoms with Crippen LogP contribution >= 0.6 is 11.8 Å². The number of benzene rings is 3. The van der Waals surface area contributed by atoms with Crippen molar-refractivity contribution in [2.75, 3.05) is 19.0 Å². The summed E-state index contributed by atoms with van der Waals surface area (Å²) in [6.45, 7) is 1.08. The predicted molar refractivity (Wildman–Crippen MR) is 136 cm³/mol. The molecule has 3 aromatic carbocycles. The fraction of sp³-hybridized carbons (Fsp3) is 0.115. The fourth-order valence-corrected chi connectivity index (χ4v) is 3.77. The van der Waals surface area contributed by atoms with E-state index in [1.807, 2.05) is 44.4 Å². The number of aliphatic carboxylic acids is 1. The van der Waals surface area contributed by atoms with E-state index in [2.05, 4.69) is 57.7 Å². The first-order valence-corrected chi connectivity index (χ1v) is 11.0. The largest absolute Gasteiger partial charge is 1.00 e. The van der Waals surface area contributed by atoms with E-state index in [0.29, 0.717) is 10.1 Å². The second kappa shape index (κ2) is 13.2. The van der Waals surface area contributed by atoms with Gasteiger partial charge in [0.05, 0.1) is 4.91 Å². The van der Waals surface area contributed by atoms with Gasteiger partial charge in [-0.1, -0.05) is 36.4 Å².